The van der Waals surface area contributed by atoms with E-state index in [9.17, 15) is 9.59 Å². The topological polar surface area (TPSA) is 64.6 Å². The molecule has 1 amide bonds. The number of hydrogen-bond acceptors (Lipinski definition) is 4. The third-order valence-corrected chi connectivity index (χ3v) is 5.08. The standard InChI is InChI=1S/C21H23NO4/c1-25-18-14-16(10-11-17(18)19(23)26-2)22-20(24)21(12-6-7-13-21)15-8-4-3-5-9-15/h3-5,8-11,14H,6-7,12-13H2,1-2H3,(H,22,24). The predicted octanol–water partition coefficient (Wildman–Crippen LogP) is 3.93. The molecule has 0 saturated heterocycles. The van der Waals surface area contributed by atoms with E-state index in [1.165, 1.54) is 14.2 Å². The van der Waals surface area contributed by atoms with Crippen molar-refractivity contribution in [2.45, 2.75) is 31.1 Å². The van der Waals surface area contributed by atoms with Gasteiger partial charge in [0.15, 0.2) is 0 Å². The van der Waals surface area contributed by atoms with E-state index in [-0.39, 0.29) is 5.91 Å². The van der Waals surface area contributed by atoms with Crippen LogP contribution in [0.15, 0.2) is 48.5 Å². The third kappa shape index (κ3) is 3.29. The molecular formula is C21H23NO4. The number of methoxy groups -OCH3 is 2. The quantitative estimate of drug-likeness (QED) is 0.827. The highest BCUT2D eigenvalue weighted by molar-refractivity contribution is 6.00. The highest BCUT2D eigenvalue weighted by atomic mass is 16.5. The summed E-state index contributed by atoms with van der Waals surface area (Å²) in [5.74, 6) is -0.125. The Morgan fingerprint density at radius 1 is 1.00 bits per heavy atom. The van der Waals surface area contributed by atoms with Crippen molar-refractivity contribution in [2.24, 2.45) is 0 Å². The van der Waals surface area contributed by atoms with E-state index in [1.54, 1.807) is 18.2 Å². The molecule has 0 atom stereocenters. The molecule has 136 valence electrons. The van der Waals surface area contributed by atoms with Gasteiger partial charge in [-0.25, -0.2) is 4.79 Å². The Hall–Kier alpha value is -2.82. The molecule has 1 fully saturated rings. The lowest BCUT2D eigenvalue weighted by Gasteiger charge is -2.28. The van der Waals surface area contributed by atoms with E-state index >= 15 is 0 Å². The zero-order chi connectivity index (χ0) is 18.6. The van der Waals surface area contributed by atoms with E-state index in [0.717, 1.165) is 31.2 Å². The van der Waals surface area contributed by atoms with Crippen molar-refractivity contribution in [1.29, 1.82) is 0 Å². The normalized spacial score (nSPS) is 15.3. The highest BCUT2D eigenvalue weighted by Gasteiger charge is 2.42. The number of esters is 1. The van der Waals surface area contributed by atoms with Crippen molar-refractivity contribution in [2.75, 3.05) is 19.5 Å². The molecule has 0 spiro atoms. The summed E-state index contributed by atoms with van der Waals surface area (Å²) in [6.45, 7) is 0. The molecule has 0 aliphatic heterocycles. The van der Waals surface area contributed by atoms with Gasteiger partial charge in [-0.1, -0.05) is 43.2 Å². The molecule has 0 heterocycles. The number of hydrogen-bond donors (Lipinski definition) is 1. The van der Waals surface area contributed by atoms with Gasteiger partial charge in [-0.15, -0.1) is 0 Å². The second-order valence-electron chi connectivity index (χ2n) is 6.52. The Bertz CT molecular complexity index is 795. The number of rotatable bonds is 5. The summed E-state index contributed by atoms with van der Waals surface area (Å²) in [5.41, 5.74) is 1.47. The van der Waals surface area contributed by atoms with Gasteiger partial charge < -0.3 is 14.8 Å². The summed E-state index contributed by atoms with van der Waals surface area (Å²) in [6.07, 6.45) is 3.74. The zero-order valence-electron chi connectivity index (χ0n) is 15.1. The Morgan fingerprint density at radius 3 is 2.31 bits per heavy atom. The monoisotopic (exact) mass is 353 g/mol. The van der Waals surface area contributed by atoms with Crippen molar-refractivity contribution in [3.05, 3.63) is 59.7 Å². The Labute approximate surface area is 153 Å². The molecule has 26 heavy (non-hydrogen) atoms. The molecule has 0 unspecified atom stereocenters. The fourth-order valence-corrected chi connectivity index (χ4v) is 3.68. The number of carbonyl (C=O) groups is 2. The fraction of sp³-hybridized carbons (Fsp3) is 0.333. The van der Waals surface area contributed by atoms with Crippen LogP contribution in [0.4, 0.5) is 5.69 Å². The average Bonchev–Trinajstić information content (AvgIpc) is 3.19. The number of ether oxygens (including phenoxy) is 2. The van der Waals surface area contributed by atoms with Crippen LogP contribution in [-0.4, -0.2) is 26.1 Å². The first-order valence-electron chi connectivity index (χ1n) is 8.74. The summed E-state index contributed by atoms with van der Waals surface area (Å²) in [7, 11) is 2.80. The van der Waals surface area contributed by atoms with Crippen LogP contribution in [0.2, 0.25) is 0 Å². The molecule has 2 aromatic carbocycles. The van der Waals surface area contributed by atoms with Crippen LogP contribution in [-0.2, 0) is 14.9 Å². The lowest BCUT2D eigenvalue weighted by Crippen LogP contribution is -2.37. The Balaban J connectivity index is 1.88. The molecule has 3 rings (SSSR count). The van der Waals surface area contributed by atoms with Gasteiger partial charge in [0, 0.05) is 11.8 Å². The number of benzene rings is 2. The van der Waals surface area contributed by atoms with Gasteiger partial charge in [0.05, 0.1) is 19.6 Å². The molecule has 1 saturated carbocycles. The maximum absolute atomic E-state index is 13.2. The number of anilines is 1. The van der Waals surface area contributed by atoms with Gasteiger partial charge in [0.2, 0.25) is 5.91 Å². The minimum atomic E-state index is -0.504. The fourth-order valence-electron chi connectivity index (χ4n) is 3.68. The van der Waals surface area contributed by atoms with Crippen molar-refractivity contribution < 1.29 is 19.1 Å². The summed E-state index contributed by atoms with van der Waals surface area (Å²) < 4.78 is 10.0. The van der Waals surface area contributed by atoms with E-state index in [4.69, 9.17) is 9.47 Å². The van der Waals surface area contributed by atoms with Gasteiger partial charge in [-0.3, -0.25) is 4.79 Å². The second-order valence-corrected chi connectivity index (χ2v) is 6.52. The minimum absolute atomic E-state index is 0.0194. The Kier molecular flexibility index (Phi) is 5.26. The van der Waals surface area contributed by atoms with Gasteiger partial charge in [0.1, 0.15) is 11.3 Å². The van der Waals surface area contributed by atoms with Crippen LogP contribution in [0.3, 0.4) is 0 Å². The number of amides is 1. The maximum Gasteiger partial charge on any atom is 0.341 e. The second kappa shape index (κ2) is 7.60. The third-order valence-electron chi connectivity index (χ3n) is 5.08. The van der Waals surface area contributed by atoms with Crippen molar-refractivity contribution in [1.82, 2.24) is 0 Å². The van der Waals surface area contributed by atoms with E-state index in [0.29, 0.717) is 17.0 Å². The van der Waals surface area contributed by atoms with Gasteiger partial charge in [0.25, 0.3) is 0 Å². The van der Waals surface area contributed by atoms with Crippen LogP contribution in [0.25, 0.3) is 0 Å². The molecule has 0 aromatic heterocycles. The first kappa shape index (κ1) is 18.0. The van der Waals surface area contributed by atoms with E-state index in [1.807, 2.05) is 30.3 Å². The number of nitrogens with one attached hydrogen (secondary N) is 1. The first-order chi connectivity index (χ1) is 12.6. The summed E-state index contributed by atoms with van der Waals surface area (Å²) in [4.78, 5) is 25.0. The van der Waals surface area contributed by atoms with Crippen LogP contribution in [0.5, 0.6) is 5.75 Å². The molecule has 5 heteroatoms. The SMILES string of the molecule is COC(=O)c1ccc(NC(=O)C2(c3ccccc3)CCCC2)cc1OC. The molecule has 0 bridgehead atoms. The van der Waals surface area contributed by atoms with Crippen LogP contribution in [0, 0.1) is 0 Å². The van der Waals surface area contributed by atoms with Gasteiger partial charge >= 0.3 is 5.97 Å². The molecule has 5 nitrogen and oxygen atoms in total. The zero-order valence-corrected chi connectivity index (χ0v) is 15.1. The Morgan fingerprint density at radius 2 is 1.69 bits per heavy atom. The summed E-state index contributed by atoms with van der Waals surface area (Å²) in [6, 6.07) is 14.9. The molecule has 1 N–H and O–H groups in total. The van der Waals surface area contributed by atoms with Crippen LogP contribution >= 0.6 is 0 Å². The van der Waals surface area contributed by atoms with Crippen LogP contribution in [0.1, 0.15) is 41.6 Å². The average molecular weight is 353 g/mol. The van der Waals surface area contributed by atoms with E-state index < -0.39 is 11.4 Å². The predicted molar refractivity (Wildman–Crippen MR) is 99.6 cm³/mol. The molecule has 1 aliphatic rings. The van der Waals surface area contributed by atoms with Gasteiger partial charge in [-0.2, -0.15) is 0 Å². The summed E-state index contributed by atoms with van der Waals surface area (Å²) >= 11 is 0. The molecule has 1 aliphatic carbocycles. The van der Waals surface area contributed by atoms with E-state index in [2.05, 4.69) is 5.32 Å². The first-order valence-corrected chi connectivity index (χ1v) is 8.74. The van der Waals surface area contributed by atoms with Gasteiger partial charge in [-0.05, 0) is 30.5 Å². The van der Waals surface area contributed by atoms with Crippen molar-refractivity contribution in [3.63, 3.8) is 0 Å². The van der Waals surface area contributed by atoms with Crippen LogP contribution < -0.4 is 10.1 Å². The molecule has 2 aromatic rings. The molecular weight excluding hydrogens is 330 g/mol. The maximum atomic E-state index is 13.2. The number of carbonyl (C=O) groups excluding carboxylic acids is 2. The lowest BCUT2D eigenvalue weighted by atomic mass is 9.78. The smallest absolute Gasteiger partial charge is 0.341 e. The lowest BCUT2D eigenvalue weighted by molar-refractivity contribution is -0.121. The van der Waals surface area contributed by atoms with Crippen molar-refractivity contribution >= 4 is 17.6 Å². The van der Waals surface area contributed by atoms with Crippen molar-refractivity contribution in [3.8, 4) is 5.75 Å². The minimum Gasteiger partial charge on any atom is -0.496 e. The largest absolute Gasteiger partial charge is 0.496 e. The molecule has 0 radical (unpaired) electrons. The highest BCUT2D eigenvalue weighted by Crippen LogP contribution is 2.42. The summed E-state index contributed by atoms with van der Waals surface area (Å²) in [5, 5.41) is 3.01.